The molecule has 19 heavy (non-hydrogen) atoms. The number of aliphatic carboxylic acids is 1. The second-order valence-corrected chi connectivity index (χ2v) is 7.16. The Kier molecular flexibility index (Phi) is 3.24. The van der Waals surface area contributed by atoms with Crippen LogP contribution in [0.2, 0.25) is 0 Å². The van der Waals surface area contributed by atoms with Crippen LogP contribution in [0.15, 0.2) is 18.2 Å². The van der Waals surface area contributed by atoms with Crippen LogP contribution in [0.5, 0.6) is 0 Å². The third-order valence-electron chi connectivity index (χ3n) is 4.88. The van der Waals surface area contributed by atoms with Crippen molar-refractivity contribution in [3.63, 3.8) is 0 Å². The van der Waals surface area contributed by atoms with E-state index < -0.39 is 11.4 Å². The van der Waals surface area contributed by atoms with E-state index in [0.29, 0.717) is 5.92 Å². The van der Waals surface area contributed by atoms with Gasteiger partial charge in [-0.05, 0) is 54.7 Å². The van der Waals surface area contributed by atoms with Gasteiger partial charge in [-0.3, -0.25) is 4.79 Å². The summed E-state index contributed by atoms with van der Waals surface area (Å²) in [5, 5.41) is 9.68. The van der Waals surface area contributed by atoms with Gasteiger partial charge in [0.25, 0.3) is 0 Å². The lowest BCUT2D eigenvalue weighted by molar-refractivity contribution is -0.152. The molecule has 0 amide bonds. The zero-order valence-electron chi connectivity index (χ0n) is 12.6. The topological polar surface area (TPSA) is 37.3 Å². The highest BCUT2D eigenvalue weighted by Crippen LogP contribution is 2.54. The van der Waals surface area contributed by atoms with Crippen molar-refractivity contribution in [3.8, 4) is 0 Å². The smallest absolute Gasteiger partial charge is 0.314 e. The average Bonchev–Trinajstić information content (AvgIpc) is 2.19. The molecule has 104 valence electrons. The normalized spacial score (nSPS) is 26.9. The predicted molar refractivity (Wildman–Crippen MR) is 77.4 cm³/mol. The van der Waals surface area contributed by atoms with Crippen molar-refractivity contribution in [1.82, 2.24) is 0 Å². The zero-order chi connectivity index (χ0) is 14.4. The summed E-state index contributed by atoms with van der Waals surface area (Å²) < 4.78 is 0. The number of hydrogen-bond donors (Lipinski definition) is 1. The van der Waals surface area contributed by atoms with Crippen LogP contribution >= 0.6 is 0 Å². The maximum absolute atomic E-state index is 11.8. The van der Waals surface area contributed by atoms with Gasteiger partial charge in [0.15, 0.2) is 0 Å². The van der Waals surface area contributed by atoms with Crippen molar-refractivity contribution in [2.45, 2.75) is 52.9 Å². The van der Waals surface area contributed by atoms with Crippen LogP contribution < -0.4 is 0 Å². The number of benzene rings is 1. The first kappa shape index (κ1) is 14.1. The largest absolute Gasteiger partial charge is 0.481 e. The summed E-state index contributed by atoms with van der Waals surface area (Å²) in [4.78, 5) is 11.8. The van der Waals surface area contributed by atoms with Crippen molar-refractivity contribution in [3.05, 3.63) is 34.9 Å². The minimum Gasteiger partial charge on any atom is -0.481 e. The summed E-state index contributed by atoms with van der Waals surface area (Å²) in [5.41, 5.74) is 2.91. The Hall–Kier alpha value is -1.31. The van der Waals surface area contributed by atoms with Gasteiger partial charge in [0.05, 0.1) is 5.41 Å². The molecule has 0 bridgehead atoms. The number of hydrogen-bond acceptors (Lipinski definition) is 1. The molecule has 0 aliphatic heterocycles. The molecule has 1 fully saturated rings. The van der Waals surface area contributed by atoms with Crippen LogP contribution in [0.3, 0.4) is 0 Å². The third-order valence-corrected chi connectivity index (χ3v) is 4.88. The molecule has 1 aliphatic carbocycles. The Bertz CT molecular complexity index is 502. The standard InChI is InChI=1S/C17H24O2/c1-11-6-7-13(8-12(11)2)17(15(18)19)9-14(10-17)16(3,4)5/h6-8,14H,9-10H2,1-5H3,(H,18,19). The highest BCUT2D eigenvalue weighted by Gasteiger charge is 2.54. The van der Waals surface area contributed by atoms with Gasteiger partial charge < -0.3 is 5.11 Å². The fraction of sp³-hybridized carbons (Fsp3) is 0.588. The first-order chi connectivity index (χ1) is 8.67. The van der Waals surface area contributed by atoms with Crippen LogP contribution in [0, 0.1) is 25.2 Å². The van der Waals surface area contributed by atoms with Crippen LogP contribution in [0.25, 0.3) is 0 Å². The number of carboxylic acid groups (broad SMARTS) is 1. The molecular formula is C17H24O2. The highest BCUT2D eigenvalue weighted by atomic mass is 16.4. The van der Waals surface area contributed by atoms with Crippen LogP contribution in [0.4, 0.5) is 0 Å². The van der Waals surface area contributed by atoms with E-state index >= 15 is 0 Å². The molecule has 2 heteroatoms. The number of carboxylic acids is 1. The van der Waals surface area contributed by atoms with E-state index in [2.05, 4.69) is 33.8 Å². The first-order valence-electron chi connectivity index (χ1n) is 6.98. The van der Waals surface area contributed by atoms with Gasteiger partial charge in [-0.1, -0.05) is 39.0 Å². The van der Waals surface area contributed by atoms with Crippen LogP contribution in [-0.4, -0.2) is 11.1 Å². The molecule has 1 saturated carbocycles. The molecule has 0 unspecified atom stereocenters. The molecular weight excluding hydrogens is 236 g/mol. The predicted octanol–water partition coefficient (Wildman–Crippen LogP) is 4.08. The summed E-state index contributed by atoms with van der Waals surface area (Å²) in [5.74, 6) is -0.179. The molecule has 1 aromatic carbocycles. The molecule has 0 saturated heterocycles. The molecule has 0 aromatic heterocycles. The fourth-order valence-corrected chi connectivity index (χ4v) is 2.97. The van der Waals surface area contributed by atoms with E-state index in [1.807, 2.05) is 19.1 Å². The summed E-state index contributed by atoms with van der Waals surface area (Å²) >= 11 is 0. The molecule has 1 aliphatic rings. The lowest BCUT2D eigenvalue weighted by Crippen LogP contribution is -2.51. The van der Waals surface area contributed by atoms with Crippen molar-refractivity contribution in [1.29, 1.82) is 0 Å². The number of carbonyl (C=O) groups is 1. The Morgan fingerprint density at radius 3 is 2.21 bits per heavy atom. The maximum atomic E-state index is 11.8. The van der Waals surface area contributed by atoms with E-state index in [9.17, 15) is 9.90 Å². The van der Waals surface area contributed by atoms with Crippen LogP contribution in [-0.2, 0) is 10.2 Å². The van der Waals surface area contributed by atoms with E-state index in [-0.39, 0.29) is 5.41 Å². The molecule has 2 rings (SSSR count). The van der Waals surface area contributed by atoms with E-state index in [0.717, 1.165) is 18.4 Å². The van der Waals surface area contributed by atoms with E-state index in [1.54, 1.807) is 0 Å². The van der Waals surface area contributed by atoms with E-state index in [1.165, 1.54) is 11.1 Å². The highest BCUT2D eigenvalue weighted by molar-refractivity contribution is 5.83. The van der Waals surface area contributed by atoms with Gasteiger partial charge in [-0.25, -0.2) is 0 Å². The third kappa shape index (κ3) is 2.29. The Labute approximate surface area is 115 Å². The van der Waals surface area contributed by atoms with Gasteiger partial charge in [0.2, 0.25) is 0 Å². The summed E-state index contributed by atoms with van der Waals surface area (Å²) in [6.07, 6.45) is 1.52. The lowest BCUT2D eigenvalue weighted by Gasteiger charge is -2.50. The Morgan fingerprint density at radius 1 is 1.21 bits per heavy atom. The quantitative estimate of drug-likeness (QED) is 0.870. The van der Waals surface area contributed by atoms with E-state index in [4.69, 9.17) is 0 Å². The second-order valence-electron chi connectivity index (χ2n) is 7.16. The molecule has 0 radical (unpaired) electrons. The molecule has 0 spiro atoms. The minimum atomic E-state index is -0.670. The van der Waals surface area contributed by atoms with Crippen molar-refractivity contribution < 1.29 is 9.90 Å². The monoisotopic (exact) mass is 260 g/mol. The van der Waals surface area contributed by atoms with Crippen molar-refractivity contribution >= 4 is 5.97 Å². The SMILES string of the molecule is Cc1ccc(C2(C(=O)O)CC(C(C)(C)C)C2)cc1C. The average molecular weight is 260 g/mol. The Morgan fingerprint density at radius 2 is 1.79 bits per heavy atom. The first-order valence-corrected chi connectivity index (χ1v) is 6.98. The number of rotatable bonds is 2. The van der Waals surface area contributed by atoms with Gasteiger partial charge in [-0.2, -0.15) is 0 Å². The molecule has 2 nitrogen and oxygen atoms in total. The molecule has 0 atom stereocenters. The second kappa shape index (κ2) is 4.36. The molecule has 1 N–H and O–H groups in total. The zero-order valence-corrected chi connectivity index (χ0v) is 12.6. The molecule has 0 heterocycles. The van der Waals surface area contributed by atoms with Gasteiger partial charge in [-0.15, -0.1) is 0 Å². The maximum Gasteiger partial charge on any atom is 0.314 e. The summed E-state index contributed by atoms with van der Waals surface area (Å²) in [7, 11) is 0. The number of aryl methyl sites for hydroxylation is 2. The van der Waals surface area contributed by atoms with Gasteiger partial charge in [0.1, 0.15) is 0 Å². The van der Waals surface area contributed by atoms with Crippen molar-refractivity contribution in [2.24, 2.45) is 11.3 Å². The summed E-state index contributed by atoms with van der Waals surface area (Å²) in [6.45, 7) is 10.7. The fourth-order valence-electron chi connectivity index (χ4n) is 2.97. The van der Waals surface area contributed by atoms with Crippen LogP contribution in [0.1, 0.15) is 50.3 Å². The van der Waals surface area contributed by atoms with Gasteiger partial charge >= 0.3 is 5.97 Å². The Balaban J connectivity index is 2.33. The summed E-state index contributed by atoms with van der Waals surface area (Å²) in [6, 6.07) is 6.09. The minimum absolute atomic E-state index is 0.193. The lowest BCUT2D eigenvalue weighted by atomic mass is 9.52. The molecule has 1 aromatic rings. The van der Waals surface area contributed by atoms with Crippen molar-refractivity contribution in [2.75, 3.05) is 0 Å². The van der Waals surface area contributed by atoms with Gasteiger partial charge in [0, 0.05) is 0 Å².